The lowest BCUT2D eigenvalue weighted by atomic mass is 10.1. The maximum Gasteiger partial charge on any atom is 0.261 e. The summed E-state index contributed by atoms with van der Waals surface area (Å²) in [5.74, 6) is -0.565. The molecule has 0 bridgehead atoms. The van der Waals surface area contributed by atoms with Gasteiger partial charge in [-0.1, -0.05) is 12.1 Å². The van der Waals surface area contributed by atoms with E-state index in [1.165, 1.54) is 4.90 Å². The van der Waals surface area contributed by atoms with E-state index in [1.807, 2.05) is 0 Å². The summed E-state index contributed by atoms with van der Waals surface area (Å²) in [6, 6.07) is 6.77. The van der Waals surface area contributed by atoms with Crippen molar-refractivity contribution in [3.8, 4) is 0 Å². The molecule has 0 radical (unpaired) electrons. The van der Waals surface area contributed by atoms with E-state index in [9.17, 15) is 19.2 Å². The second-order valence-electron chi connectivity index (χ2n) is 7.62. The molecule has 2 saturated heterocycles. The first kappa shape index (κ1) is 19.6. The Labute approximate surface area is 169 Å². The number of carbonyl (C=O) groups excluding carboxylic acids is 4. The quantitative estimate of drug-likeness (QED) is 0.687. The number of imide groups is 1. The molecule has 0 N–H and O–H groups in total. The molecule has 4 amide bonds. The highest BCUT2D eigenvalue weighted by atomic mass is 16.5. The summed E-state index contributed by atoms with van der Waals surface area (Å²) in [5.41, 5.74) is 0.853. The third kappa shape index (κ3) is 3.89. The molecule has 1 aromatic rings. The highest BCUT2D eigenvalue weighted by Crippen LogP contribution is 2.23. The second kappa shape index (κ2) is 8.32. The van der Waals surface area contributed by atoms with Crippen molar-refractivity contribution in [2.45, 2.75) is 31.8 Å². The summed E-state index contributed by atoms with van der Waals surface area (Å²) >= 11 is 0. The van der Waals surface area contributed by atoms with E-state index in [0.717, 1.165) is 12.8 Å². The van der Waals surface area contributed by atoms with Crippen molar-refractivity contribution >= 4 is 23.6 Å². The summed E-state index contributed by atoms with van der Waals surface area (Å²) in [7, 11) is 0. The Morgan fingerprint density at radius 1 is 0.966 bits per heavy atom. The lowest BCUT2D eigenvalue weighted by molar-refractivity contribution is -0.146. The van der Waals surface area contributed by atoms with Crippen molar-refractivity contribution in [3.05, 3.63) is 35.4 Å². The molecule has 8 heteroatoms. The minimum atomic E-state index is -0.322. The lowest BCUT2D eigenvalue weighted by Crippen LogP contribution is -2.52. The fourth-order valence-electron chi connectivity index (χ4n) is 4.14. The van der Waals surface area contributed by atoms with Crippen molar-refractivity contribution in [2.75, 3.05) is 39.3 Å². The fourth-order valence-corrected chi connectivity index (χ4v) is 4.14. The zero-order valence-electron chi connectivity index (χ0n) is 16.3. The van der Waals surface area contributed by atoms with Gasteiger partial charge in [-0.2, -0.15) is 0 Å². The normalized spacial score (nSPS) is 21.7. The van der Waals surface area contributed by atoms with Crippen molar-refractivity contribution in [1.82, 2.24) is 14.7 Å². The molecule has 154 valence electrons. The van der Waals surface area contributed by atoms with Crippen LogP contribution in [0.15, 0.2) is 24.3 Å². The predicted octanol–water partition coefficient (Wildman–Crippen LogP) is 0.913. The molecule has 0 aliphatic carbocycles. The van der Waals surface area contributed by atoms with Gasteiger partial charge in [0.25, 0.3) is 17.7 Å². The molecule has 0 aromatic heterocycles. The monoisotopic (exact) mass is 399 g/mol. The van der Waals surface area contributed by atoms with Gasteiger partial charge in [-0.25, -0.2) is 0 Å². The minimum Gasteiger partial charge on any atom is -0.368 e. The number of ether oxygens (including phenoxy) is 1. The van der Waals surface area contributed by atoms with Crippen molar-refractivity contribution in [2.24, 2.45) is 0 Å². The van der Waals surface area contributed by atoms with E-state index in [4.69, 9.17) is 4.74 Å². The van der Waals surface area contributed by atoms with Crippen LogP contribution in [0.25, 0.3) is 0 Å². The first-order valence-electron chi connectivity index (χ1n) is 10.2. The van der Waals surface area contributed by atoms with Gasteiger partial charge >= 0.3 is 0 Å². The molecule has 1 atom stereocenters. The number of piperazine rings is 1. The summed E-state index contributed by atoms with van der Waals surface area (Å²) in [4.78, 5) is 54.3. The number of hydrogen-bond acceptors (Lipinski definition) is 5. The fraction of sp³-hybridized carbons (Fsp3) is 0.524. The topological polar surface area (TPSA) is 87.2 Å². The van der Waals surface area contributed by atoms with Crippen LogP contribution in [-0.2, 0) is 14.3 Å². The number of rotatable bonds is 5. The first-order chi connectivity index (χ1) is 14.1. The summed E-state index contributed by atoms with van der Waals surface area (Å²) < 4.78 is 5.45. The third-order valence-electron chi connectivity index (χ3n) is 5.80. The lowest BCUT2D eigenvalue weighted by Gasteiger charge is -2.35. The summed E-state index contributed by atoms with van der Waals surface area (Å²) in [6.45, 7) is 2.91. The van der Waals surface area contributed by atoms with Gasteiger partial charge in [0.1, 0.15) is 6.10 Å². The van der Waals surface area contributed by atoms with Crippen LogP contribution < -0.4 is 0 Å². The maximum absolute atomic E-state index is 12.5. The van der Waals surface area contributed by atoms with Gasteiger partial charge in [0.2, 0.25) is 5.91 Å². The molecule has 1 unspecified atom stereocenters. The third-order valence-corrected chi connectivity index (χ3v) is 5.80. The molecular formula is C21H25N3O5. The Morgan fingerprint density at radius 3 is 2.17 bits per heavy atom. The van der Waals surface area contributed by atoms with Gasteiger partial charge in [-0.05, 0) is 31.4 Å². The standard InChI is InChI=1S/C21H25N3O5/c25-18(22-10-12-23(13-11-22)21(28)17-7-4-14-29-17)8-3-9-24-19(26)15-5-1-2-6-16(15)20(24)27/h1-2,5-6,17H,3-4,7-14H2. The number of fused-ring (bicyclic) bond motifs is 1. The van der Waals surface area contributed by atoms with Crippen LogP contribution in [-0.4, -0.2) is 83.8 Å². The number of benzene rings is 1. The molecule has 0 saturated carbocycles. The van der Waals surface area contributed by atoms with Gasteiger partial charge in [0.05, 0.1) is 11.1 Å². The zero-order valence-corrected chi connectivity index (χ0v) is 16.3. The van der Waals surface area contributed by atoms with Crippen LogP contribution in [0.2, 0.25) is 0 Å². The largest absolute Gasteiger partial charge is 0.368 e. The summed E-state index contributed by atoms with van der Waals surface area (Å²) in [6.07, 6.45) is 2.07. The van der Waals surface area contributed by atoms with Gasteiger partial charge in [-0.15, -0.1) is 0 Å². The number of nitrogens with zero attached hydrogens (tertiary/aromatic N) is 3. The number of carbonyl (C=O) groups is 4. The van der Waals surface area contributed by atoms with Crippen LogP contribution in [0.4, 0.5) is 0 Å². The average molecular weight is 399 g/mol. The van der Waals surface area contributed by atoms with E-state index in [1.54, 1.807) is 34.1 Å². The Kier molecular flexibility index (Phi) is 5.62. The predicted molar refractivity (Wildman–Crippen MR) is 103 cm³/mol. The van der Waals surface area contributed by atoms with Gasteiger partial charge in [-0.3, -0.25) is 24.1 Å². The molecule has 0 spiro atoms. The molecule has 2 fully saturated rings. The Bertz CT molecular complexity index is 790. The van der Waals surface area contributed by atoms with Crippen LogP contribution in [0.1, 0.15) is 46.4 Å². The van der Waals surface area contributed by atoms with E-state index in [0.29, 0.717) is 50.3 Å². The molecule has 3 aliphatic rings. The molecule has 3 aliphatic heterocycles. The Hall–Kier alpha value is -2.74. The van der Waals surface area contributed by atoms with Gasteiger partial charge < -0.3 is 14.5 Å². The highest BCUT2D eigenvalue weighted by molar-refractivity contribution is 6.21. The van der Waals surface area contributed by atoms with E-state index >= 15 is 0 Å². The zero-order chi connectivity index (χ0) is 20.4. The van der Waals surface area contributed by atoms with Crippen molar-refractivity contribution < 1.29 is 23.9 Å². The molecular weight excluding hydrogens is 374 g/mol. The van der Waals surface area contributed by atoms with Gasteiger partial charge in [0.15, 0.2) is 0 Å². The van der Waals surface area contributed by atoms with Crippen LogP contribution in [0.5, 0.6) is 0 Å². The average Bonchev–Trinajstić information content (AvgIpc) is 3.37. The SMILES string of the molecule is O=C(CCCN1C(=O)c2ccccc2C1=O)N1CCN(C(=O)C2CCCO2)CC1. The maximum atomic E-state index is 12.5. The minimum absolute atomic E-state index is 0.00850. The number of amides is 4. The molecule has 1 aromatic carbocycles. The second-order valence-corrected chi connectivity index (χ2v) is 7.62. The van der Waals surface area contributed by atoms with Crippen LogP contribution >= 0.6 is 0 Å². The summed E-state index contributed by atoms with van der Waals surface area (Å²) in [5, 5.41) is 0. The highest BCUT2D eigenvalue weighted by Gasteiger charge is 2.35. The Balaban J connectivity index is 1.22. The Morgan fingerprint density at radius 2 is 1.59 bits per heavy atom. The van der Waals surface area contributed by atoms with E-state index in [2.05, 4.69) is 0 Å². The van der Waals surface area contributed by atoms with Crippen LogP contribution in [0, 0.1) is 0 Å². The van der Waals surface area contributed by atoms with E-state index < -0.39 is 0 Å². The van der Waals surface area contributed by atoms with Gasteiger partial charge in [0, 0.05) is 45.8 Å². The van der Waals surface area contributed by atoms with E-state index in [-0.39, 0.29) is 42.7 Å². The molecule has 8 nitrogen and oxygen atoms in total. The first-order valence-corrected chi connectivity index (χ1v) is 10.2. The number of hydrogen-bond donors (Lipinski definition) is 0. The smallest absolute Gasteiger partial charge is 0.261 e. The molecule has 4 rings (SSSR count). The van der Waals surface area contributed by atoms with Crippen molar-refractivity contribution in [1.29, 1.82) is 0 Å². The molecule has 29 heavy (non-hydrogen) atoms. The molecule has 3 heterocycles. The van der Waals surface area contributed by atoms with Crippen LogP contribution in [0.3, 0.4) is 0 Å². The van der Waals surface area contributed by atoms with Crippen molar-refractivity contribution in [3.63, 3.8) is 0 Å².